The third-order valence-electron chi connectivity index (χ3n) is 5.10. The molecule has 4 heteroatoms. The van der Waals surface area contributed by atoms with Crippen molar-refractivity contribution in [3.63, 3.8) is 0 Å². The molecule has 0 aromatic carbocycles. The maximum absolute atomic E-state index is 11.7. The van der Waals surface area contributed by atoms with Gasteiger partial charge in [0, 0.05) is 12.8 Å². The first-order valence-electron chi connectivity index (χ1n) is 12.4. The van der Waals surface area contributed by atoms with Crippen LogP contribution in [0.2, 0.25) is 0 Å². The highest BCUT2D eigenvalue weighted by Gasteiger charge is 2.06. The van der Waals surface area contributed by atoms with Crippen LogP contribution < -0.4 is 0 Å². The van der Waals surface area contributed by atoms with Crippen molar-refractivity contribution in [1.29, 1.82) is 0 Å². The van der Waals surface area contributed by atoms with Crippen molar-refractivity contribution in [2.75, 3.05) is 13.2 Å². The van der Waals surface area contributed by atoms with Crippen molar-refractivity contribution in [2.24, 2.45) is 5.92 Å². The van der Waals surface area contributed by atoms with Gasteiger partial charge in [0.05, 0.1) is 13.2 Å². The molecule has 0 saturated heterocycles. The second-order valence-corrected chi connectivity index (χ2v) is 8.75. The first kappa shape index (κ1) is 27.9. The monoisotopic (exact) mass is 412 g/mol. The van der Waals surface area contributed by atoms with Gasteiger partial charge in [-0.25, -0.2) is 0 Å². The minimum Gasteiger partial charge on any atom is -0.466 e. The molecule has 0 atom stereocenters. The molecule has 0 aliphatic heterocycles. The molecule has 0 unspecified atom stereocenters. The first-order valence-corrected chi connectivity index (χ1v) is 12.4. The van der Waals surface area contributed by atoms with E-state index in [4.69, 9.17) is 9.47 Å². The van der Waals surface area contributed by atoms with Crippen LogP contribution >= 0.6 is 0 Å². The van der Waals surface area contributed by atoms with Crippen LogP contribution in [0.3, 0.4) is 0 Å². The molecule has 0 bridgehead atoms. The number of hydrogen-bond acceptors (Lipinski definition) is 4. The van der Waals surface area contributed by atoms with Gasteiger partial charge in [0.2, 0.25) is 0 Å². The Balaban J connectivity index is 3.25. The van der Waals surface area contributed by atoms with Gasteiger partial charge in [0.25, 0.3) is 0 Å². The Morgan fingerprint density at radius 1 is 0.586 bits per heavy atom. The predicted octanol–water partition coefficient (Wildman–Crippen LogP) is 7.38. The Hall–Kier alpha value is -1.06. The number of rotatable bonds is 21. The van der Waals surface area contributed by atoms with Crippen LogP contribution in [0.25, 0.3) is 0 Å². The minimum absolute atomic E-state index is 0.101. The average molecular weight is 413 g/mol. The van der Waals surface area contributed by atoms with Gasteiger partial charge in [0.1, 0.15) is 0 Å². The van der Waals surface area contributed by atoms with Crippen molar-refractivity contribution in [2.45, 2.75) is 130 Å². The molecule has 0 rings (SSSR count). The van der Waals surface area contributed by atoms with E-state index in [-0.39, 0.29) is 11.9 Å². The number of ether oxygens (including phenoxy) is 2. The molecule has 29 heavy (non-hydrogen) atoms. The smallest absolute Gasteiger partial charge is 0.305 e. The summed E-state index contributed by atoms with van der Waals surface area (Å²) in [7, 11) is 0. The van der Waals surface area contributed by atoms with Crippen LogP contribution in [0.15, 0.2) is 0 Å². The van der Waals surface area contributed by atoms with Gasteiger partial charge in [-0.2, -0.15) is 0 Å². The molecule has 0 aliphatic carbocycles. The number of esters is 2. The maximum Gasteiger partial charge on any atom is 0.305 e. The lowest BCUT2D eigenvalue weighted by atomic mass is 10.1. The summed E-state index contributed by atoms with van der Waals surface area (Å²) in [5.41, 5.74) is 0. The molecule has 0 saturated carbocycles. The van der Waals surface area contributed by atoms with Crippen LogP contribution in [0.5, 0.6) is 0 Å². The number of unbranched alkanes of at least 4 members (excludes halogenated alkanes) is 13. The van der Waals surface area contributed by atoms with Crippen molar-refractivity contribution >= 4 is 11.9 Å². The molecule has 0 fully saturated rings. The molecule has 0 aromatic rings. The van der Waals surface area contributed by atoms with Crippen molar-refractivity contribution in [3.8, 4) is 0 Å². The van der Waals surface area contributed by atoms with Crippen LogP contribution in [-0.2, 0) is 19.1 Å². The van der Waals surface area contributed by atoms with Gasteiger partial charge in [-0.05, 0) is 25.2 Å². The molecule has 172 valence electrons. The summed E-state index contributed by atoms with van der Waals surface area (Å²) in [6.07, 6.45) is 19.1. The Kier molecular flexibility index (Phi) is 20.9. The molecule has 0 spiro atoms. The number of carbonyl (C=O) groups excluding carboxylic acids is 2. The van der Waals surface area contributed by atoms with Gasteiger partial charge < -0.3 is 9.47 Å². The van der Waals surface area contributed by atoms with Gasteiger partial charge in [0.15, 0.2) is 0 Å². The lowest BCUT2D eigenvalue weighted by Crippen LogP contribution is -2.09. The SMILES string of the molecule is CCCCCCCCCCCCCCOC(=O)CCCCCC(=O)OCC(C)C. The summed E-state index contributed by atoms with van der Waals surface area (Å²) < 4.78 is 10.4. The van der Waals surface area contributed by atoms with E-state index in [0.29, 0.717) is 32.0 Å². The predicted molar refractivity (Wildman–Crippen MR) is 121 cm³/mol. The Labute approximate surface area is 180 Å². The van der Waals surface area contributed by atoms with E-state index in [1.54, 1.807) is 0 Å². The summed E-state index contributed by atoms with van der Waals surface area (Å²) in [4.78, 5) is 23.2. The highest BCUT2D eigenvalue weighted by Crippen LogP contribution is 2.12. The fourth-order valence-electron chi connectivity index (χ4n) is 3.25. The zero-order valence-electron chi connectivity index (χ0n) is 19.6. The van der Waals surface area contributed by atoms with E-state index in [9.17, 15) is 9.59 Å². The summed E-state index contributed by atoms with van der Waals surface area (Å²) in [5.74, 6) is 0.141. The molecule has 0 radical (unpaired) electrons. The van der Waals surface area contributed by atoms with Crippen molar-refractivity contribution < 1.29 is 19.1 Å². The lowest BCUT2D eigenvalue weighted by Gasteiger charge is -2.07. The molecule has 0 N–H and O–H groups in total. The van der Waals surface area contributed by atoms with Gasteiger partial charge in [-0.15, -0.1) is 0 Å². The zero-order chi connectivity index (χ0) is 21.6. The van der Waals surface area contributed by atoms with E-state index in [0.717, 1.165) is 32.1 Å². The second-order valence-electron chi connectivity index (χ2n) is 8.75. The van der Waals surface area contributed by atoms with Gasteiger partial charge >= 0.3 is 11.9 Å². The molecule has 0 amide bonds. The molecule has 4 nitrogen and oxygen atoms in total. The van der Waals surface area contributed by atoms with E-state index in [1.165, 1.54) is 64.2 Å². The summed E-state index contributed by atoms with van der Waals surface area (Å²) in [5, 5.41) is 0. The summed E-state index contributed by atoms with van der Waals surface area (Å²) in [6.45, 7) is 7.35. The Morgan fingerprint density at radius 3 is 1.48 bits per heavy atom. The molecule has 0 aromatic heterocycles. The molecular formula is C25H48O4. The normalized spacial score (nSPS) is 11.0. The molecule has 0 heterocycles. The highest BCUT2D eigenvalue weighted by molar-refractivity contribution is 5.69. The Bertz CT molecular complexity index is 379. The quantitative estimate of drug-likeness (QED) is 0.146. The van der Waals surface area contributed by atoms with Crippen molar-refractivity contribution in [3.05, 3.63) is 0 Å². The van der Waals surface area contributed by atoms with E-state index in [1.807, 2.05) is 13.8 Å². The average Bonchev–Trinajstić information content (AvgIpc) is 2.69. The highest BCUT2D eigenvalue weighted by atomic mass is 16.5. The van der Waals surface area contributed by atoms with E-state index >= 15 is 0 Å². The standard InChI is InChI=1S/C25H48O4/c1-4-5-6-7-8-9-10-11-12-13-14-18-21-28-24(26)19-16-15-17-20-25(27)29-22-23(2)3/h23H,4-22H2,1-3H3. The van der Waals surface area contributed by atoms with Crippen LogP contribution in [0, 0.1) is 5.92 Å². The van der Waals surface area contributed by atoms with Crippen molar-refractivity contribution in [1.82, 2.24) is 0 Å². The minimum atomic E-state index is -0.131. The van der Waals surface area contributed by atoms with E-state index in [2.05, 4.69) is 6.92 Å². The number of carbonyl (C=O) groups is 2. The molecular weight excluding hydrogens is 364 g/mol. The third-order valence-corrected chi connectivity index (χ3v) is 5.10. The van der Waals surface area contributed by atoms with Crippen LogP contribution in [0.4, 0.5) is 0 Å². The summed E-state index contributed by atoms with van der Waals surface area (Å²) in [6, 6.07) is 0. The lowest BCUT2D eigenvalue weighted by molar-refractivity contribution is -0.144. The van der Waals surface area contributed by atoms with E-state index < -0.39 is 0 Å². The third kappa shape index (κ3) is 23.1. The number of hydrogen-bond donors (Lipinski definition) is 0. The zero-order valence-corrected chi connectivity index (χ0v) is 19.6. The van der Waals surface area contributed by atoms with Gasteiger partial charge in [-0.1, -0.05) is 97.8 Å². The second kappa shape index (κ2) is 21.6. The Morgan fingerprint density at radius 2 is 1.00 bits per heavy atom. The largest absolute Gasteiger partial charge is 0.466 e. The fraction of sp³-hybridized carbons (Fsp3) is 0.920. The fourth-order valence-corrected chi connectivity index (χ4v) is 3.25. The van der Waals surface area contributed by atoms with Crippen LogP contribution in [0.1, 0.15) is 130 Å². The van der Waals surface area contributed by atoms with Crippen LogP contribution in [-0.4, -0.2) is 25.2 Å². The maximum atomic E-state index is 11.7. The van der Waals surface area contributed by atoms with Gasteiger partial charge in [-0.3, -0.25) is 9.59 Å². The summed E-state index contributed by atoms with van der Waals surface area (Å²) >= 11 is 0. The topological polar surface area (TPSA) is 52.6 Å². The first-order chi connectivity index (χ1) is 14.1. The molecule has 0 aliphatic rings.